The van der Waals surface area contributed by atoms with Crippen LogP contribution in [0.4, 0.5) is 15.3 Å². The van der Waals surface area contributed by atoms with E-state index in [1.54, 1.807) is 12.1 Å². The second-order valence-electron chi connectivity index (χ2n) is 3.55. The van der Waals surface area contributed by atoms with Crippen LogP contribution in [0.3, 0.4) is 0 Å². The van der Waals surface area contributed by atoms with Gasteiger partial charge in [-0.2, -0.15) is 0 Å². The molecule has 2 N–H and O–H groups in total. The maximum absolute atomic E-state index is 11.6. The molecule has 1 aliphatic heterocycles. The van der Waals surface area contributed by atoms with E-state index in [1.165, 1.54) is 0 Å². The first-order valence-corrected chi connectivity index (χ1v) is 5.33. The van der Waals surface area contributed by atoms with Gasteiger partial charge in [0, 0.05) is 18.7 Å². The van der Waals surface area contributed by atoms with Crippen molar-refractivity contribution in [1.29, 1.82) is 0 Å². The summed E-state index contributed by atoms with van der Waals surface area (Å²) >= 11 is 0. The Bertz CT molecular complexity index is 408. The van der Waals surface area contributed by atoms with Gasteiger partial charge in [-0.05, 0) is 12.1 Å². The van der Waals surface area contributed by atoms with Crippen LogP contribution < -0.4 is 10.7 Å². The summed E-state index contributed by atoms with van der Waals surface area (Å²) in [5, 5.41) is 3.76. The van der Waals surface area contributed by atoms with E-state index >= 15 is 0 Å². The number of nitrogens with one attached hydrogen (secondary N) is 2. The van der Waals surface area contributed by atoms with E-state index in [0.29, 0.717) is 25.3 Å². The van der Waals surface area contributed by atoms with E-state index < -0.39 is 12.1 Å². The Morgan fingerprint density at radius 2 is 2.06 bits per heavy atom. The number of rotatable bonds is 2. The van der Waals surface area contributed by atoms with Crippen molar-refractivity contribution in [2.75, 3.05) is 18.5 Å². The number of benzene rings is 1. The molecule has 0 unspecified atom stereocenters. The van der Waals surface area contributed by atoms with Crippen LogP contribution in [0, 0.1) is 0 Å². The Labute approximate surface area is 98.5 Å². The van der Waals surface area contributed by atoms with Crippen molar-refractivity contribution in [2.45, 2.75) is 6.42 Å². The Morgan fingerprint density at radius 3 is 2.76 bits per heavy atom. The molecule has 6 heteroatoms. The summed E-state index contributed by atoms with van der Waals surface area (Å²) in [6.45, 7) is 0.859. The molecule has 2 rings (SSSR count). The third-order valence-corrected chi connectivity index (χ3v) is 2.24. The number of para-hydroxylation sites is 1. The number of hydrogen-bond donors (Lipinski definition) is 2. The molecule has 1 saturated heterocycles. The first kappa shape index (κ1) is 11.3. The third kappa shape index (κ3) is 3.10. The van der Waals surface area contributed by atoms with E-state index in [1.807, 2.05) is 18.2 Å². The molecule has 1 aliphatic rings. The Kier molecular flexibility index (Phi) is 3.44. The Morgan fingerprint density at radius 1 is 1.29 bits per heavy atom. The Hall–Kier alpha value is -2.24. The van der Waals surface area contributed by atoms with Gasteiger partial charge in [0.2, 0.25) is 0 Å². The summed E-state index contributed by atoms with van der Waals surface area (Å²) < 4.78 is 4.79. The molecule has 90 valence electrons. The molecule has 17 heavy (non-hydrogen) atoms. The molecule has 3 amide bonds. The van der Waals surface area contributed by atoms with Crippen molar-refractivity contribution in [3.8, 4) is 0 Å². The van der Waals surface area contributed by atoms with Crippen molar-refractivity contribution in [1.82, 2.24) is 10.4 Å². The molecular formula is C11H13N3O3. The van der Waals surface area contributed by atoms with E-state index in [0.717, 1.165) is 5.01 Å². The number of carbonyl (C=O) groups excluding carboxylic acids is 2. The summed E-state index contributed by atoms with van der Waals surface area (Å²) in [4.78, 5) is 22.8. The fourth-order valence-corrected chi connectivity index (χ4v) is 1.46. The number of amides is 3. The van der Waals surface area contributed by atoms with Crippen LogP contribution in [-0.4, -0.2) is 30.3 Å². The maximum atomic E-state index is 11.6. The highest BCUT2D eigenvalue weighted by molar-refractivity contribution is 5.90. The lowest BCUT2D eigenvalue weighted by atomic mass is 10.3. The van der Waals surface area contributed by atoms with E-state index in [2.05, 4.69) is 10.7 Å². The third-order valence-electron chi connectivity index (χ3n) is 2.24. The van der Waals surface area contributed by atoms with Crippen LogP contribution >= 0.6 is 0 Å². The lowest BCUT2D eigenvalue weighted by Crippen LogP contribution is -2.50. The normalized spacial score (nSPS) is 15.1. The van der Waals surface area contributed by atoms with Gasteiger partial charge in [-0.15, -0.1) is 0 Å². The number of carbonyl (C=O) groups is 2. The largest absolute Gasteiger partial charge is 0.448 e. The molecule has 0 aliphatic carbocycles. The molecule has 0 bridgehead atoms. The van der Waals surface area contributed by atoms with Gasteiger partial charge in [-0.1, -0.05) is 18.2 Å². The van der Waals surface area contributed by atoms with Crippen LogP contribution in [0.5, 0.6) is 0 Å². The monoisotopic (exact) mass is 235 g/mol. The average Bonchev–Trinajstić information content (AvgIpc) is 2.33. The van der Waals surface area contributed by atoms with Crippen molar-refractivity contribution < 1.29 is 14.3 Å². The quantitative estimate of drug-likeness (QED) is 0.817. The zero-order chi connectivity index (χ0) is 12.1. The van der Waals surface area contributed by atoms with Gasteiger partial charge in [-0.25, -0.2) is 20.0 Å². The molecule has 0 radical (unpaired) electrons. The van der Waals surface area contributed by atoms with Crippen LogP contribution in [0.25, 0.3) is 0 Å². The van der Waals surface area contributed by atoms with Gasteiger partial charge in [0.25, 0.3) is 0 Å². The highest BCUT2D eigenvalue weighted by Gasteiger charge is 2.21. The first-order chi connectivity index (χ1) is 8.25. The fraction of sp³-hybridized carbons (Fsp3) is 0.273. The fourth-order valence-electron chi connectivity index (χ4n) is 1.46. The highest BCUT2D eigenvalue weighted by Crippen LogP contribution is 2.05. The molecule has 1 fully saturated rings. The number of urea groups is 1. The van der Waals surface area contributed by atoms with E-state index in [9.17, 15) is 9.59 Å². The van der Waals surface area contributed by atoms with Crippen molar-refractivity contribution in [3.05, 3.63) is 30.3 Å². The molecule has 0 spiro atoms. The van der Waals surface area contributed by atoms with Crippen molar-refractivity contribution in [3.63, 3.8) is 0 Å². The molecule has 6 nitrogen and oxygen atoms in total. The first-order valence-electron chi connectivity index (χ1n) is 5.33. The van der Waals surface area contributed by atoms with Crippen LogP contribution in [0.2, 0.25) is 0 Å². The van der Waals surface area contributed by atoms with Gasteiger partial charge in [0.15, 0.2) is 0 Å². The lowest BCUT2D eigenvalue weighted by molar-refractivity contribution is 0.0579. The topological polar surface area (TPSA) is 70.7 Å². The van der Waals surface area contributed by atoms with Gasteiger partial charge in [0.1, 0.15) is 0 Å². The zero-order valence-corrected chi connectivity index (χ0v) is 9.18. The molecule has 1 heterocycles. The summed E-state index contributed by atoms with van der Waals surface area (Å²) in [5.41, 5.74) is 3.09. The van der Waals surface area contributed by atoms with Gasteiger partial charge >= 0.3 is 12.1 Å². The molecule has 1 aromatic rings. The predicted molar refractivity (Wildman–Crippen MR) is 61.3 cm³/mol. The smallest absolute Gasteiger partial charge is 0.428 e. The number of hydrazine groups is 1. The molecule has 1 aromatic carbocycles. The lowest BCUT2D eigenvalue weighted by Gasteiger charge is -2.26. The van der Waals surface area contributed by atoms with Crippen molar-refractivity contribution in [2.24, 2.45) is 0 Å². The molecular weight excluding hydrogens is 222 g/mol. The van der Waals surface area contributed by atoms with E-state index in [4.69, 9.17) is 4.74 Å². The van der Waals surface area contributed by atoms with Gasteiger partial charge in [0.05, 0.1) is 6.61 Å². The number of anilines is 1. The van der Waals surface area contributed by atoms with E-state index in [-0.39, 0.29) is 0 Å². The minimum atomic E-state index is -0.528. The van der Waals surface area contributed by atoms with Crippen molar-refractivity contribution >= 4 is 17.8 Å². The average molecular weight is 235 g/mol. The standard InChI is InChI=1S/C11H13N3O3/c15-10(12-9-5-2-1-3-6-9)13-14-7-4-8-17-11(14)16/h1-3,5-6H,4,7-8H2,(H2,12,13,15). The Balaban J connectivity index is 1.87. The number of ether oxygens (including phenoxy) is 1. The van der Waals surface area contributed by atoms with Gasteiger partial charge in [-0.3, -0.25) is 0 Å². The number of nitrogens with zero attached hydrogens (tertiary/aromatic N) is 1. The summed E-state index contributed by atoms with van der Waals surface area (Å²) in [6, 6.07) is 8.53. The summed E-state index contributed by atoms with van der Waals surface area (Å²) in [5.74, 6) is 0. The number of hydrogen-bond acceptors (Lipinski definition) is 3. The molecule has 0 aromatic heterocycles. The highest BCUT2D eigenvalue weighted by atomic mass is 16.6. The minimum Gasteiger partial charge on any atom is -0.448 e. The maximum Gasteiger partial charge on any atom is 0.428 e. The summed E-state index contributed by atoms with van der Waals surface area (Å²) in [7, 11) is 0. The SMILES string of the molecule is O=C(Nc1ccccc1)NN1CCCOC1=O. The number of cyclic esters (lactones) is 1. The van der Waals surface area contributed by atoms with Gasteiger partial charge < -0.3 is 10.1 Å². The second kappa shape index (κ2) is 5.20. The van der Waals surface area contributed by atoms with Crippen LogP contribution in [0.1, 0.15) is 6.42 Å². The zero-order valence-electron chi connectivity index (χ0n) is 9.18. The second-order valence-corrected chi connectivity index (χ2v) is 3.55. The van der Waals surface area contributed by atoms with Crippen LogP contribution in [0.15, 0.2) is 30.3 Å². The molecule has 0 atom stereocenters. The minimum absolute atomic E-state index is 0.400. The van der Waals surface area contributed by atoms with Crippen LogP contribution in [-0.2, 0) is 4.74 Å². The summed E-state index contributed by atoms with van der Waals surface area (Å²) in [6.07, 6.45) is 0.177. The molecule has 0 saturated carbocycles. The predicted octanol–water partition coefficient (Wildman–Crippen LogP) is 1.57.